The van der Waals surface area contributed by atoms with Gasteiger partial charge in [-0.05, 0) is 5.56 Å². The zero-order valence-electron chi connectivity index (χ0n) is 11.1. The fourth-order valence-electron chi connectivity index (χ4n) is 1.87. The molecular formula is C14H14N2O5. The van der Waals surface area contributed by atoms with Gasteiger partial charge >= 0.3 is 6.09 Å². The largest absolute Gasteiger partial charge is 0.445 e. The van der Waals surface area contributed by atoms with Gasteiger partial charge in [0.1, 0.15) is 12.5 Å². The van der Waals surface area contributed by atoms with Gasteiger partial charge in [-0.2, -0.15) is 0 Å². The summed E-state index contributed by atoms with van der Waals surface area (Å²) in [6.45, 7) is -0.262. The second-order valence-corrected chi connectivity index (χ2v) is 4.55. The van der Waals surface area contributed by atoms with E-state index in [-0.39, 0.29) is 19.6 Å². The van der Waals surface area contributed by atoms with E-state index in [0.717, 1.165) is 5.56 Å². The van der Waals surface area contributed by atoms with Crippen molar-refractivity contribution < 1.29 is 23.9 Å². The first-order chi connectivity index (χ1) is 10.1. The SMILES string of the molecule is O=C1CC(C(=O)CNC(=O)OCc2ccccc2)C(=O)N1. The highest BCUT2D eigenvalue weighted by atomic mass is 16.5. The minimum absolute atomic E-state index is 0.0866. The summed E-state index contributed by atoms with van der Waals surface area (Å²) < 4.78 is 4.92. The van der Waals surface area contributed by atoms with Crippen LogP contribution in [0.5, 0.6) is 0 Å². The van der Waals surface area contributed by atoms with Gasteiger partial charge in [0.25, 0.3) is 0 Å². The monoisotopic (exact) mass is 290 g/mol. The quantitative estimate of drug-likeness (QED) is 0.593. The normalized spacial score (nSPS) is 17.2. The minimum atomic E-state index is -1.02. The summed E-state index contributed by atoms with van der Waals surface area (Å²) in [5.41, 5.74) is 0.819. The molecule has 2 rings (SSSR count). The molecule has 0 saturated carbocycles. The molecule has 110 valence electrons. The van der Waals surface area contributed by atoms with E-state index >= 15 is 0 Å². The molecule has 7 heteroatoms. The highest BCUT2D eigenvalue weighted by Gasteiger charge is 2.35. The minimum Gasteiger partial charge on any atom is -0.445 e. The number of ketones is 1. The number of benzene rings is 1. The molecule has 1 aliphatic rings. The highest BCUT2D eigenvalue weighted by molar-refractivity contribution is 6.14. The summed E-state index contributed by atoms with van der Waals surface area (Å²) in [6.07, 6.45) is -0.921. The number of imide groups is 1. The van der Waals surface area contributed by atoms with Crippen LogP contribution in [0, 0.1) is 5.92 Å². The molecule has 7 nitrogen and oxygen atoms in total. The van der Waals surface area contributed by atoms with Crippen molar-refractivity contribution in [1.29, 1.82) is 0 Å². The van der Waals surface area contributed by atoms with Gasteiger partial charge in [0.2, 0.25) is 11.8 Å². The third-order valence-electron chi connectivity index (χ3n) is 2.98. The van der Waals surface area contributed by atoms with Crippen LogP contribution >= 0.6 is 0 Å². The molecule has 1 fully saturated rings. The number of carbonyl (C=O) groups excluding carboxylic acids is 4. The Kier molecular flexibility index (Phi) is 4.65. The lowest BCUT2D eigenvalue weighted by atomic mass is 10.0. The summed E-state index contributed by atoms with van der Waals surface area (Å²) in [4.78, 5) is 45.4. The molecule has 0 spiro atoms. The van der Waals surface area contributed by atoms with Crippen molar-refractivity contribution in [2.45, 2.75) is 13.0 Å². The maximum atomic E-state index is 11.7. The van der Waals surface area contributed by atoms with Crippen LogP contribution in [0.25, 0.3) is 0 Å². The number of rotatable bonds is 5. The van der Waals surface area contributed by atoms with Gasteiger partial charge in [0, 0.05) is 6.42 Å². The lowest BCUT2D eigenvalue weighted by molar-refractivity contribution is -0.131. The molecule has 3 amide bonds. The van der Waals surface area contributed by atoms with Crippen molar-refractivity contribution in [1.82, 2.24) is 10.6 Å². The van der Waals surface area contributed by atoms with Crippen LogP contribution in [-0.2, 0) is 25.7 Å². The molecule has 0 radical (unpaired) electrons. The Morgan fingerprint density at radius 1 is 1.24 bits per heavy atom. The lowest BCUT2D eigenvalue weighted by Gasteiger charge is -2.08. The van der Waals surface area contributed by atoms with Gasteiger partial charge in [-0.3, -0.25) is 19.7 Å². The van der Waals surface area contributed by atoms with E-state index in [1.54, 1.807) is 12.1 Å². The number of hydrogen-bond donors (Lipinski definition) is 2. The van der Waals surface area contributed by atoms with E-state index in [0.29, 0.717) is 0 Å². The van der Waals surface area contributed by atoms with Gasteiger partial charge in [0.15, 0.2) is 5.78 Å². The standard InChI is InChI=1S/C14H14N2O5/c17-11(10-6-12(18)16-13(10)19)7-15-14(20)21-8-9-4-2-1-3-5-9/h1-5,10H,6-8H2,(H,15,20)(H,16,18,19). The first kappa shape index (κ1) is 14.7. The smallest absolute Gasteiger partial charge is 0.407 e. The maximum Gasteiger partial charge on any atom is 0.407 e. The van der Waals surface area contributed by atoms with Crippen LogP contribution in [0.4, 0.5) is 4.79 Å². The molecule has 1 atom stereocenters. The molecule has 1 heterocycles. The highest BCUT2D eigenvalue weighted by Crippen LogP contribution is 2.11. The fourth-order valence-corrected chi connectivity index (χ4v) is 1.87. The predicted molar refractivity (Wildman–Crippen MR) is 70.9 cm³/mol. The first-order valence-electron chi connectivity index (χ1n) is 6.37. The van der Waals surface area contributed by atoms with Gasteiger partial charge in [-0.25, -0.2) is 4.79 Å². The summed E-state index contributed by atoms with van der Waals surface area (Å²) >= 11 is 0. The molecule has 1 aromatic rings. The van der Waals surface area contributed by atoms with E-state index in [1.807, 2.05) is 23.5 Å². The topological polar surface area (TPSA) is 102 Å². The van der Waals surface area contributed by atoms with E-state index < -0.39 is 29.6 Å². The fraction of sp³-hybridized carbons (Fsp3) is 0.286. The van der Waals surface area contributed by atoms with Crippen LogP contribution in [0.3, 0.4) is 0 Å². The second kappa shape index (κ2) is 6.65. The second-order valence-electron chi connectivity index (χ2n) is 4.55. The number of Topliss-reactive ketones (excluding diaryl/α,β-unsaturated/α-hetero) is 1. The molecule has 2 N–H and O–H groups in total. The van der Waals surface area contributed by atoms with Crippen molar-refractivity contribution in [3.05, 3.63) is 35.9 Å². The maximum absolute atomic E-state index is 11.7. The molecular weight excluding hydrogens is 276 g/mol. The Morgan fingerprint density at radius 3 is 2.57 bits per heavy atom. The summed E-state index contributed by atoms with van der Waals surface area (Å²) in [6, 6.07) is 9.07. The van der Waals surface area contributed by atoms with Crippen molar-refractivity contribution >= 4 is 23.7 Å². The molecule has 1 unspecified atom stereocenters. The number of hydrogen-bond acceptors (Lipinski definition) is 5. The van der Waals surface area contributed by atoms with Gasteiger partial charge in [-0.15, -0.1) is 0 Å². The number of alkyl carbamates (subject to hydrolysis) is 1. The Hall–Kier alpha value is -2.70. The average molecular weight is 290 g/mol. The van der Waals surface area contributed by atoms with Crippen LogP contribution in [0.1, 0.15) is 12.0 Å². The molecule has 0 aliphatic carbocycles. The summed E-state index contributed by atoms with van der Waals surface area (Å²) in [5, 5.41) is 4.30. The predicted octanol–water partition coefficient (Wildman–Crippen LogP) is 0.145. The van der Waals surface area contributed by atoms with Crippen molar-refractivity contribution in [2.24, 2.45) is 5.92 Å². The van der Waals surface area contributed by atoms with Gasteiger partial charge in [0.05, 0.1) is 6.54 Å². The average Bonchev–Trinajstić information content (AvgIpc) is 2.82. The zero-order valence-corrected chi connectivity index (χ0v) is 11.1. The third-order valence-corrected chi connectivity index (χ3v) is 2.98. The zero-order chi connectivity index (χ0) is 15.2. The van der Waals surface area contributed by atoms with Crippen molar-refractivity contribution in [3.63, 3.8) is 0 Å². The van der Waals surface area contributed by atoms with E-state index in [9.17, 15) is 19.2 Å². The molecule has 1 saturated heterocycles. The van der Waals surface area contributed by atoms with Crippen molar-refractivity contribution in [3.8, 4) is 0 Å². The van der Waals surface area contributed by atoms with Crippen LogP contribution in [-0.4, -0.2) is 30.2 Å². The van der Waals surface area contributed by atoms with Crippen LogP contribution in [0.2, 0.25) is 0 Å². The van der Waals surface area contributed by atoms with E-state index in [2.05, 4.69) is 5.32 Å². The number of amides is 3. The van der Waals surface area contributed by atoms with Gasteiger partial charge < -0.3 is 10.1 Å². The number of nitrogens with one attached hydrogen (secondary N) is 2. The first-order valence-corrected chi connectivity index (χ1v) is 6.37. The van der Waals surface area contributed by atoms with Crippen LogP contribution in [0.15, 0.2) is 30.3 Å². The van der Waals surface area contributed by atoms with Crippen LogP contribution < -0.4 is 10.6 Å². The van der Waals surface area contributed by atoms with Crippen molar-refractivity contribution in [2.75, 3.05) is 6.54 Å². The number of ether oxygens (including phenoxy) is 1. The summed E-state index contributed by atoms with van der Waals surface area (Å²) in [5.74, 6) is -2.64. The van der Waals surface area contributed by atoms with E-state index in [4.69, 9.17) is 4.74 Å². The molecule has 1 aromatic carbocycles. The lowest BCUT2D eigenvalue weighted by Crippen LogP contribution is -2.36. The Morgan fingerprint density at radius 2 is 1.95 bits per heavy atom. The van der Waals surface area contributed by atoms with E-state index in [1.165, 1.54) is 0 Å². The Labute approximate surface area is 120 Å². The molecule has 1 aliphatic heterocycles. The molecule has 21 heavy (non-hydrogen) atoms. The van der Waals surface area contributed by atoms with Gasteiger partial charge in [-0.1, -0.05) is 30.3 Å². The summed E-state index contributed by atoms with van der Waals surface area (Å²) in [7, 11) is 0. The Bertz CT molecular complexity index is 570. The number of carbonyl (C=O) groups is 4. The Balaban J connectivity index is 1.73. The molecule has 0 bridgehead atoms. The molecule has 0 aromatic heterocycles. The third kappa shape index (κ3) is 4.13.